The van der Waals surface area contributed by atoms with E-state index < -0.39 is 0 Å². The lowest BCUT2D eigenvalue weighted by Gasteiger charge is -2.37. The molecule has 0 spiro atoms. The highest BCUT2D eigenvalue weighted by molar-refractivity contribution is 7.10. The van der Waals surface area contributed by atoms with Gasteiger partial charge in [0.2, 0.25) is 5.91 Å². The molecule has 0 saturated heterocycles. The lowest BCUT2D eigenvalue weighted by molar-refractivity contribution is -0.117. The van der Waals surface area contributed by atoms with Crippen molar-refractivity contribution in [3.05, 3.63) is 73.4 Å². The van der Waals surface area contributed by atoms with Gasteiger partial charge < -0.3 is 14.8 Å². The Hall–Kier alpha value is -2.25. The number of hydrogen-bond donors (Lipinski definition) is 1. The van der Waals surface area contributed by atoms with E-state index in [1.807, 2.05) is 31.2 Å². The highest BCUT2D eigenvalue weighted by atomic mass is 35.5. The minimum Gasteiger partial charge on any atom is -0.493 e. The number of halogens is 2. The molecule has 4 rings (SSSR count). The van der Waals surface area contributed by atoms with Crippen molar-refractivity contribution in [3.63, 3.8) is 0 Å². The molecule has 1 aliphatic heterocycles. The van der Waals surface area contributed by atoms with E-state index in [-0.39, 0.29) is 18.5 Å². The first kappa shape index (κ1) is 22.9. The maximum absolute atomic E-state index is 13.0. The summed E-state index contributed by atoms with van der Waals surface area (Å²) in [6.45, 7) is 2.81. The highest BCUT2D eigenvalue weighted by Gasteiger charge is 2.32. The van der Waals surface area contributed by atoms with E-state index in [4.69, 9.17) is 32.7 Å². The van der Waals surface area contributed by atoms with Gasteiger partial charge in [0.25, 0.3) is 0 Å². The molecule has 1 amide bonds. The maximum Gasteiger partial charge on any atom is 0.238 e. The molecule has 8 heteroatoms. The summed E-state index contributed by atoms with van der Waals surface area (Å²) >= 11 is 14.3. The first-order valence-electron chi connectivity index (χ1n) is 10.2. The van der Waals surface area contributed by atoms with E-state index >= 15 is 0 Å². The number of anilines is 1. The lowest BCUT2D eigenvalue weighted by atomic mass is 9.91. The summed E-state index contributed by atoms with van der Waals surface area (Å²) in [6.07, 6.45) is 0.802. The molecule has 2 aromatic carbocycles. The van der Waals surface area contributed by atoms with Gasteiger partial charge in [0.15, 0.2) is 11.5 Å². The molecule has 2 heterocycles. The number of methoxy groups -OCH3 is 2. The number of carbonyl (C=O) groups excluding carboxylic acids is 1. The van der Waals surface area contributed by atoms with Crippen LogP contribution in [0.1, 0.15) is 27.6 Å². The molecule has 32 heavy (non-hydrogen) atoms. The average molecular weight is 491 g/mol. The Labute approximate surface area is 201 Å². The SMILES string of the molecule is COc1cc2c(cc1OC)[C@H](c1cccs1)N(CC(=O)Nc1c(Cl)ccc(C)c1Cl)CC2. The van der Waals surface area contributed by atoms with E-state index in [1.54, 1.807) is 31.6 Å². The molecule has 0 aliphatic carbocycles. The summed E-state index contributed by atoms with van der Waals surface area (Å²) in [5.74, 6) is 1.23. The standard InChI is InChI=1S/C24H24Cl2N2O3S/c1-14-6-7-17(25)23(22(14)26)27-21(29)13-28-9-8-15-11-18(30-2)19(31-3)12-16(15)24(28)20-5-4-10-32-20/h4-7,10-12,24H,8-9,13H2,1-3H3,(H,27,29)/t24-/m1/s1. The zero-order valence-electron chi connectivity index (χ0n) is 18.1. The molecular formula is C24H24Cl2N2O3S. The molecule has 0 bridgehead atoms. The molecule has 0 saturated carbocycles. The third kappa shape index (κ3) is 4.46. The van der Waals surface area contributed by atoms with Crippen LogP contribution in [0.15, 0.2) is 41.8 Å². The normalized spacial score (nSPS) is 15.8. The average Bonchev–Trinajstić information content (AvgIpc) is 3.32. The number of hydrogen-bond acceptors (Lipinski definition) is 5. The minimum atomic E-state index is -0.162. The lowest BCUT2D eigenvalue weighted by Crippen LogP contribution is -2.41. The smallest absolute Gasteiger partial charge is 0.238 e. The first-order valence-corrected chi connectivity index (χ1v) is 11.8. The van der Waals surface area contributed by atoms with Crippen molar-refractivity contribution in [2.45, 2.75) is 19.4 Å². The second-order valence-corrected chi connectivity index (χ2v) is 9.41. The fourth-order valence-electron chi connectivity index (χ4n) is 4.08. The van der Waals surface area contributed by atoms with E-state index in [2.05, 4.69) is 21.7 Å². The van der Waals surface area contributed by atoms with Crippen LogP contribution >= 0.6 is 34.5 Å². The van der Waals surface area contributed by atoms with Gasteiger partial charge in [0.05, 0.1) is 42.5 Å². The summed E-state index contributed by atoms with van der Waals surface area (Å²) in [6, 6.07) is 11.7. The van der Waals surface area contributed by atoms with Crippen LogP contribution in [0, 0.1) is 6.92 Å². The molecule has 3 aromatic rings. The topological polar surface area (TPSA) is 50.8 Å². The van der Waals surface area contributed by atoms with Crippen molar-refractivity contribution in [3.8, 4) is 11.5 Å². The third-order valence-corrected chi connectivity index (χ3v) is 7.41. The highest BCUT2D eigenvalue weighted by Crippen LogP contribution is 2.42. The summed E-state index contributed by atoms with van der Waals surface area (Å²) in [4.78, 5) is 16.4. The summed E-state index contributed by atoms with van der Waals surface area (Å²) in [5, 5.41) is 5.84. The summed E-state index contributed by atoms with van der Waals surface area (Å²) in [7, 11) is 3.27. The van der Waals surface area contributed by atoms with Gasteiger partial charge in [-0.25, -0.2) is 0 Å². The van der Waals surface area contributed by atoms with Gasteiger partial charge in [0.1, 0.15) is 0 Å². The summed E-state index contributed by atoms with van der Waals surface area (Å²) < 4.78 is 11.0. The molecule has 1 aliphatic rings. The van der Waals surface area contributed by atoms with Crippen molar-refractivity contribution in [1.82, 2.24) is 4.90 Å². The molecule has 5 nitrogen and oxygen atoms in total. The van der Waals surface area contributed by atoms with Crippen molar-refractivity contribution >= 4 is 46.1 Å². The van der Waals surface area contributed by atoms with Crippen molar-refractivity contribution in [2.24, 2.45) is 0 Å². The van der Waals surface area contributed by atoms with Gasteiger partial charge >= 0.3 is 0 Å². The van der Waals surface area contributed by atoms with Gasteiger partial charge in [-0.2, -0.15) is 0 Å². The minimum absolute atomic E-state index is 0.0623. The molecule has 0 unspecified atom stereocenters. The van der Waals surface area contributed by atoms with E-state index in [1.165, 1.54) is 5.56 Å². The Bertz CT molecular complexity index is 1130. The molecule has 168 valence electrons. The number of amides is 1. The monoisotopic (exact) mass is 490 g/mol. The van der Waals surface area contributed by atoms with Crippen LogP contribution in [0.2, 0.25) is 10.0 Å². The van der Waals surface area contributed by atoms with Crippen LogP contribution in [0.3, 0.4) is 0 Å². The van der Waals surface area contributed by atoms with Gasteiger partial charge in [-0.15, -0.1) is 11.3 Å². The molecule has 0 fully saturated rings. The largest absolute Gasteiger partial charge is 0.493 e. The second kappa shape index (κ2) is 9.71. The number of nitrogens with one attached hydrogen (secondary N) is 1. The van der Waals surface area contributed by atoms with Crippen LogP contribution in [-0.4, -0.2) is 38.1 Å². The zero-order valence-corrected chi connectivity index (χ0v) is 20.4. The van der Waals surface area contributed by atoms with Crippen molar-refractivity contribution in [2.75, 3.05) is 32.6 Å². The van der Waals surface area contributed by atoms with E-state index in [0.29, 0.717) is 27.2 Å². The van der Waals surface area contributed by atoms with Crippen LogP contribution in [0.25, 0.3) is 0 Å². The van der Waals surface area contributed by atoms with Gasteiger partial charge in [-0.3, -0.25) is 9.69 Å². The Morgan fingerprint density at radius 1 is 1.19 bits per heavy atom. The fourth-order valence-corrected chi connectivity index (χ4v) is 5.42. The number of fused-ring (bicyclic) bond motifs is 1. The van der Waals surface area contributed by atoms with Gasteiger partial charge in [0, 0.05) is 11.4 Å². The van der Waals surface area contributed by atoms with Gasteiger partial charge in [-0.1, -0.05) is 35.3 Å². The number of ether oxygens (including phenoxy) is 2. The molecular weight excluding hydrogens is 467 g/mol. The van der Waals surface area contributed by atoms with Gasteiger partial charge in [-0.05, 0) is 59.7 Å². The number of benzene rings is 2. The van der Waals surface area contributed by atoms with Crippen LogP contribution in [-0.2, 0) is 11.2 Å². The number of rotatable bonds is 6. The van der Waals surface area contributed by atoms with E-state index in [0.717, 1.165) is 29.0 Å². The Balaban J connectivity index is 1.65. The number of carbonyl (C=O) groups is 1. The predicted molar refractivity (Wildman–Crippen MR) is 131 cm³/mol. The maximum atomic E-state index is 13.0. The van der Waals surface area contributed by atoms with Crippen LogP contribution in [0.5, 0.6) is 11.5 Å². The Kier molecular flexibility index (Phi) is 6.96. The summed E-state index contributed by atoms with van der Waals surface area (Å²) in [5.41, 5.74) is 3.63. The molecule has 1 aromatic heterocycles. The molecule has 0 radical (unpaired) electrons. The van der Waals surface area contributed by atoms with Crippen molar-refractivity contribution in [1.29, 1.82) is 0 Å². The van der Waals surface area contributed by atoms with Crippen LogP contribution in [0.4, 0.5) is 5.69 Å². The quantitative estimate of drug-likeness (QED) is 0.462. The Morgan fingerprint density at radius 2 is 1.94 bits per heavy atom. The first-order chi connectivity index (χ1) is 15.4. The molecule has 1 N–H and O–H groups in total. The molecule has 1 atom stereocenters. The van der Waals surface area contributed by atoms with Crippen molar-refractivity contribution < 1.29 is 14.3 Å². The third-order valence-electron chi connectivity index (χ3n) is 5.68. The number of thiophene rings is 1. The zero-order chi connectivity index (χ0) is 22.8. The predicted octanol–water partition coefficient (Wildman–Crippen LogP) is 5.97. The Morgan fingerprint density at radius 3 is 2.62 bits per heavy atom. The van der Waals surface area contributed by atoms with Crippen LogP contribution < -0.4 is 14.8 Å². The fraction of sp³-hybridized carbons (Fsp3) is 0.292. The number of nitrogens with zero attached hydrogens (tertiary/aromatic N) is 1. The number of aryl methyl sites for hydroxylation is 1. The second-order valence-electron chi connectivity index (χ2n) is 7.65. The van der Waals surface area contributed by atoms with E-state index in [9.17, 15) is 4.79 Å².